The van der Waals surface area contributed by atoms with Gasteiger partial charge in [-0.25, -0.2) is 9.69 Å². The molecule has 0 spiro atoms. The first kappa shape index (κ1) is 28.3. The van der Waals surface area contributed by atoms with Crippen molar-refractivity contribution in [1.82, 2.24) is 9.80 Å². The van der Waals surface area contributed by atoms with E-state index in [-0.39, 0.29) is 31.4 Å². The fourth-order valence-electron chi connectivity index (χ4n) is 2.88. The van der Waals surface area contributed by atoms with Gasteiger partial charge in [-0.15, -0.1) is 0 Å². The van der Waals surface area contributed by atoms with Gasteiger partial charge in [0.25, 0.3) is 0 Å². The van der Waals surface area contributed by atoms with Crippen LogP contribution in [0, 0.1) is 10.1 Å². The third-order valence-electron chi connectivity index (χ3n) is 4.19. The van der Waals surface area contributed by atoms with Crippen molar-refractivity contribution >= 4 is 49.7 Å². The zero-order chi connectivity index (χ0) is 22.9. The van der Waals surface area contributed by atoms with Crippen LogP contribution in [0.4, 0.5) is 0 Å². The van der Waals surface area contributed by atoms with Crippen LogP contribution in [0.25, 0.3) is 0 Å². The van der Waals surface area contributed by atoms with Gasteiger partial charge in [0, 0.05) is 38.9 Å². The average Bonchev–Trinajstić information content (AvgIpc) is 2.62. The van der Waals surface area contributed by atoms with Gasteiger partial charge >= 0.3 is 29.5 Å². The Labute approximate surface area is 194 Å². The molecule has 31 heavy (non-hydrogen) atoms. The number of carbonyl (C=O) groups is 4. The van der Waals surface area contributed by atoms with E-state index in [0.29, 0.717) is 4.90 Å². The SMILES string of the molecule is O=C(O)CN(CCN(CC(=O)O)C(Cc1ccccc1)(C(=O)O)[N+](=O)[O-])CC(=O)O.[In]. The number of hydrogen-bond donors (Lipinski definition) is 4. The molecule has 0 aliphatic carbocycles. The number of hydrogen-bond acceptors (Lipinski definition) is 8. The second-order valence-electron chi connectivity index (χ2n) is 6.35. The van der Waals surface area contributed by atoms with Gasteiger partial charge in [-0.1, -0.05) is 30.3 Å². The standard InChI is InChI=1S/C17H21N3O10.In/c21-13(22)9-18(10-14(23)24)6-7-19(11-15(25)26)17(16(27)28,20(29)30)8-12-4-2-1-3-5-12;/h1-5H,6-11H2,(H,21,22)(H,23,24)(H,25,26)(H,27,28);. The Morgan fingerprint density at radius 2 is 1.35 bits per heavy atom. The van der Waals surface area contributed by atoms with Gasteiger partial charge in [-0.2, -0.15) is 0 Å². The van der Waals surface area contributed by atoms with Gasteiger partial charge in [-0.05, 0) is 5.56 Å². The molecule has 3 radical (unpaired) electrons. The van der Waals surface area contributed by atoms with Crippen LogP contribution in [-0.4, -0.2) is 123 Å². The molecule has 13 nitrogen and oxygen atoms in total. The normalized spacial score (nSPS) is 12.6. The average molecular weight is 542 g/mol. The van der Waals surface area contributed by atoms with Gasteiger partial charge in [0.05, 0.1) is 24.4 Å². The summed E-state index contributed by atoms with van der Waals surface area (Å²) in [5, 5.41) is 48.6. The van der Waals surface area contributed by atoms with Gasteiger partial charge in [0.1, 0.15) is 6.54 Å². The first-order chi connectivity index (χ1) is 14.0. The summed E-state index contributed by atoms with van der Waals surface area (Å²) in [6, 6.07) is 7.57. The Kier molecular flexibility index (Phi) is 11.7. The molecule has 0 fully saturated rings. The van der Waals surface area contributed by atoms with E-state index in [1.807, 2.05) is 0 Å². The van der Waals surface area contributed by atoms with E-state index in [9.17, 15) is 39.5 Å². The van der Waals surface area contributed by atoms with E-state index in [2.05, 4.69) is 0 Å². The molecule has 167 valence electrons. The summed E-state index contributed by atoms with van der Waals surface area (Å²) >= 11 is 0. The predicted molar refractivity (Wildman–Crippen MR) is 104 cm³/mol. The van der Waals surface area contributed by atoms with Crippen molar-refractivity contribution in [3.63, 3.8) is 0 Å². The molecule has 0 amide bonds. The van der Waals surface area contributed by atoms with E-state index in [0.717, 1.165) is 4.90 Å². The van der Waals surface area contributed by atoms with Crippen LogP contribution < -0.4 is 0 Å². The second kappa shape index (κ2) is 12.9. The van der Waals surface area contributed by atoms with Gasteiger partial charge in [0.15, 0.2) is 0 Å². The molecule has 1 aromatic carbocycles. The number of aliphatic carboxylic acids is 4. The molecule has 1 aromatic rings. The minimum absolute atomic E-state index is 0. The molecule has 0 saturated carbocycles. The minimum atomic E-state index is -2.86. The first-order valence-corrected chi connectivity index (χ1v) is 8.53. The fourth-order valence-corrected chi connectivity index (χ4v) is 2.88. The second-order valence-corrected chi connectivity index (χ2v) is 6.35. The van der Waals surface area contributed by atoms with Crippen molar-refractivity contribution in [1.29, 1.82) is 0 Å². The van der Waals surface area contributed by atoms with Crippen molar-refractivity contribution in [3.8, 4) is 0 Å². The summed E-state index contributed by atoms with van der Waals surface area (Å²) in [6.07, 6.45) is -0.665. The maximum atomic E-state index is 12.0. The van der Waals surface area contributed by atoms with Crippen LogP contribution in [0.1, 0.15) is 5.56 Å². The van der Waals surface area contributed by atoms with Crippen molar-refractivity contribution in [2.45, 2.75) is 12.1 Å². The minimum Gasteiger partial charge on any atom is -0.480 e. The summed E-state index contributed by atoms with van der Waals surface area (Å²) in [7, 11) is 0. The zero-order valence-corrected chi connectivity index (χ0v) is 19.6. The Bertz CT molecular complexity index is 775. The number of carboxylic acids is 4. The number of rotatable bonds is 14. The molecule has 14 heteroatoms. The number of carboxylic acid groups (broad SMARTS) is 4. The monoisotopic (exact) mass is 542 g/mol. The Hall–Kier alpha value is -2.71. The fraction of sp³-hybridized carbons (Fsp3) is 0.412. The van der Waals surface area contributed by atoms with E-state index >= 15 is 0 Å². The van der Waals surface area contributed by atoms with E-state index in [1.165, 1.54) is 24.3 Å². The molecule has 1 rings (SSSR count). The Morgan fingerprint density at radius 1 is 0.871 bits per heavy atom. The molecule has 0 bridgehead atoms. The maximum absolute atomic E-state index is 12.0. The summed E-state index contributed by atoms with van der Waals surface area (Å²) in [4.78, 5) is 57.4. The number of nitrogens with zero attached hydrogens (tertiary/aromatic N) is 3. The molecular formula is C17H21InN3O10. The molecule has 1 atom stereocenters. The van der Waals surface area contributed by atoms with E-state index in [1.54, 1.807) is 6.07 Å². The zero-order valence-electron chi connectivity index (χ0n) is 16.3. The number of nitro groups is 1. The van der Waals surface area contributed by atoms with Crippen molar-refractivity contribution in [2.24, 2.45) is 0 Å². The van der Waals surface area contributed by atoms with Crippen LogP contribution >= 0.6 is 0 Å². The summed E-state index contributed by atoms with van der Waals surface area (Å²) in [5.74, 6) is -6.19. The largest absolute Gasteiger partial charge is 0.480 e. The van der Waals surface area contributed by atoms with Gasteiger partial charge in [-0.3, -0.25) is 29.4 Å². The molecular weight excluding hydrogens is 521 g/mol. The molecule has 0 aliphatic rings. The van der Waals surface area contributed by atoms with E-state index < -0.39 is 73.6 Å². The molecule has 1 unspecified atom stereocenters. The third-order valence-corrected chi connectivity index (χ3v) is 4.19. The third kappa shape index (κ3) is 8.51. The number of benzene rings is 1. The van der Waals surface area contributed by atoms with E-state index in [4.69, 9.17) is 10.2 Å². The summed E-state index contributed by atoms with van der Waals surface area (Å²) in [5.41, 5.74) is -2.60. The molecule has 0 aromatic heterocycles. The van der Waals surface area contributed by atoms with Gasteiger partial charge < -0.3 is 20.4 Å². The topological polar surface area (TPSA) is 199 Å². The maximum Gasteiger partial charge on any atom is 0.399 e. The van der Waals surface area contributed by atoms with Gasteiger partial charge in [0.2, 0.25) is 0 Å². The smallest absolute Gasteiger partial charge is 0.399 e. The Balaban J connectivity index is 0.00000900. The quantitative estimate of drug-likeness (QED) is 0.124. The Morgan fingerprint density at radius 3 is 1.74 bits per heavy atom. The predicted octanol–water partition coefficient (Wildman–Crippen LogP) is -1.24. The molecule has 0 aliphatic heterocycles. The van der Waals surface area contributed by atoms with Crippen LogP contribution in [0.2, 0.25) is 0 Å². The van der Waals surface area contributed by atoms with Crippen LogP contribution in [0.15, 0.2) is 30.3 Å². The first-order valence-electron chi connectivity index (χ1n) is 8.53. The van der Waals surface area contributed by atoms with Crippen LogP contribution in [0.5, 0.6) is 0 Å². The van der Waals surface area contributed by atoms with Crippen LogP contribution in [0.3, 0.4) is 0 Å². The van der Waals surface area contributed by atoms with Crippen molar-refractivity contribution < 1.29 is 44.5 Å². The van der Waals surface area contributed by atoms with Crippen LogP contribution in [-0.2, 0) is 25.6 Å². The molecule has 0 saturated heterocycles. The molecule has 0 heterocycles. The molecule has 4 N–H and O–H groups in total. The van der Waals surface area contributed by atoms with Crippen molar-refractivity contribution in [2.75, 3.05) is 32.7 Å². The summed E-state index contributed by atoms with van der Waals surface area (Å²) in [6.45, 7) is -3.50. The van der Waals surface area contributed by atoms with Crippen molar-refractivity contribution in [3.05, 3.63) is 46.0 Å². The summed E-state index contributed by atoms with van der Waals surface area (Å²) < 4.78 is 0.